The predicted molar refractivity (Wildman–Crippen MR) is 89.2 cm³/mol. The van der Waals surface area contributed by atoms with Crippen molar-refractivity contribution >= 4 is 33.0 Å². The lowest BCUT2D eigenvalue weighted by Gasteiger charge is -2.39. The fourth-order valence-electron chi connectivity index (χ4n) is 2.73. The van der Waals surface area contributed by atoms with Crippen molar-refractivity contribution in [1.82, 2.24) is 0 Å². The topological polar surface area (TPSA) is 83.6 Å². The zero-order valence-corrected chi connectivity index (χ0v) is 14.6. The van der Waals surface area contributed by atoms with Gasteiger partial charge in [-0.05, 0) is 24.1 Å². The quantitative estimate of drug-likeness (QED) is 0.912. The first-order valence-electron chi connectivity index (χ1n) is 7.67. The Bertz CT molecular complexity index is 742. The van der Waals surface area contributed by atoms with Crippen LogP contribution in [0.2, 0.25) is 0 Å². The number of hydrogen-bond acceptors (Lipinski definition) is 4. The van der Waals surface area contributed by atoms with Crippen molar-refractivity contribution in [1.29, 1.82) is 0 Å². The summed E-state index contributed by atoms with van der Waals surface area (Å²) in [6.45, 7) is 5.64. The minimum atomic E-state index is -3.39. The summed E-state index contributed by atoms with van der Waals surface area (Å²) in [7, 11) is -3.39. The number of carbonyl (C=O) groups is 2. The molecular formula is C16H22N2O4S. The molecule has 1 heterocycles. The molecule has 2 amide bonds. The van der Waals surface area contributed by atoms with E-state index < -0.39 is 15.9 Å². The normalized spacial score (nSPS) is 19.0. The van der Waals surface area contributed by atoms with Crippen LogP contribution >= 0.6 is 0 Å². The van der Waals surface area contributed by atoms with Gasteiger partial charge in [0.15, 0.2) is 9.84 Å². The van der Waals surface area contributed by atoms with Gasteiger partial charge in [-0.15, -0.1) is 0 Å². The molecule has 1 aliphatic heterocycles. The number of benzene rings is 1. The summed E-state index contributed by atoms with van der Waals surface area (Å²) in [6.07, 6.45) is 2.13. The minimum absolute atomic E-state index is 0.00626. The molecule has 1 unspecified atom stereocenters. The van der Waals surface area contributed by atoms with Gasteiger partial charge in [-0.1, -0.05) is 27.2 Å². The number of carbonyl (C=O) groups excluding carboxylic acids is 2. The maximum Gasteiger partial charge on any atom is 0.247 e. The van der Waals surface area contributed by atoms with Crippen molar-refractivity contribution in [3.05, 3.63) is 18.2 Å². The molecule has 7 heteroatoms. The molecule has 0 spiro atoms. The van der Waals surface area contributed by atoms with Gasteiger partial charge in [0.05, 0.1) is 16.3 Å². The lowest BCUT2D eigenvalue weighted by Crippen LogP contribution is -2.54. The highest BCUT2D eigenvalue weighted by Gasteiger charge is 2.39. The third kappa shape index (κ3) is 3.24. The van der Waals surface area contributed by atoms with Crippen molar-refractivity contribution in [2.45, 2.75) is 44.6 Å². The van der Waals surface area contributed by atoms with E-state index in [2.05, 4.69) is 5.32 Å². The molecule has 1 aromatic carbocycles. The van der Waals surface area contributed by atoms with Gasteiger partial charge >= 0.3 is 0 Å². The number of amides is 2. The third-order valence-corrected chi connectivity index (χ3v) is 5.32. The predicted octanol–water partition coefficient (Wildman–Crippen LogP) is 2.20. The molecular weight excluding hydrogens is 316 g/mol. The van der Waals surface area contributed by atoms with E-state index in [1.807, 2.05) is 13.8 Å². The van der Waals surface area contributed by atoms with Gasteiger partial charge in [0, 0.05) is 12.7 Å². The van der Waals surface area contributed by atoms with Crippen LogP contribution in [-0.4, -0.2) is 32.5 Å². The first-order valence-corrected chi connectivity index (χ1v) is 9.56. The van der Waals surface area contributed by atoms with E-state index in [0.29, 0.717) is 11.4 Å². The molecule has 0 bridgehead atoms. The van der Waals surface area contributed by atoms with E-state index in [1.165, 1.54) is 17.0 Å². The monoisotopic (exact) mass is 338 g/mol. The van der Waals surface area contributed by atoms with Gasteiger partial charge in [0.25, 0.3) is 0 Å². The molecule has 0 saturated carbocycles. The number of anilines is 2. The molecule has 1 aliphatic rings. The first kappa shape index (κ1) is 17.5. The molecule has 0 aliphatic carbocycles. The van der Waals surface area contributed by atoms with E-state index in [1.54, 1.807) is 13.0 Å². The SMILES string of the molecule is CCC(=O)N1c2ccc(S(C)(=O)=O)cc2NC(=O)C1[C@H](C)CC. The van der Waals surface area contributed by atoms with Crippen LogP contribution in [0.5, 0.6) is 0 Å². The number of sulfone groups is 1. The largest absolute Gasteiger partial charge is 0.322 e. The molecule has 126 valence electrons. The average Bonchev–Trinajstić information content (AvgIpc) is 2.50. The molecule has 1 N–H and O–H groups in total. The Morgan fingerprint density at radius 2 is 2.00 bits per heavy atom. The van der Waals surface area contributed by atoms with E-state index in [0.717, 1.165) is 12.7 Å². The zero-order valence-electron chi connectivity index (χ0n) is 13.8. The van der Waals surface area contributed by atoms with Crippen LogP contribution in [-0.2, 0) is 19.4 Å². The van der Waals surface area contributed by atoms with Crippen LogP contribution in [0.15, 0.2) is 23.1 Å². The van der Waals surface area contributed by atoms with E-state index in [4.69, 9.17) is 0 Å². The number of hydrogen-bond donors (Lipinski definition) is 1. The zero-order chi connectivity index (χ0) is 17.4. The summed E-state index contributed by atoms with van der Waals surface area (Å²) in [5.41, 5.74) is 0.911. The van der Waals surface area contributed by atoms with Gasteiger partial charge < -0.3 is 5.32 Å². The molecule has 0 aromatic heterocycles. The van der Waals surface area contributed by atoms with Crippen molar-refractivity contribution < 1.29 is 18.0 Å². The Kier molecular flexibility index (Phi) is 4.79. The van der Waals surface area contributed by atoms with E-state index >= 15 is 0 Å². The summed E-state index contributed by atoms with van der Waals surface area (Å²) in [5.74, 6) is -0.439. The van der Waals surface area contributed by atoms with E-state index in [9.17, 15) is 18.0 Å². The van der Waals surface area contributed by atoms with Crippen LogP contribution in [0.1, 0.15) is 33.6 Å². The fraction of sp³-hybridized carbons (Fsp3) is 0.500. The molecule has 1 aromatic rings. The molecule has 2 rings (SSSR count). The smallest absolute Gasteiger partial charge is 0.247 e. The third-order valence-electron chi connectivity index (χ3n) is 4.21. The number of nitrogens with one attached hydrogen (secondary N) is 1. The average molecular weight is 338 g/mol. The Balaban J connectivity index is 2.60. The molecule has 23 heavy (non-hydrogen) atoms. The molecule has 6 nitrogen and oxygen atoms in total. The second-order valence-corrected chi connectivity index (χ2v) is 7.90. The highest BCUT2D eigenvalue weighted by molar-refractivity contribution is 7.90. The molecule has 2 atom stereocenters. The minimum Gasteiger partial charge on any atom is -0.322 e. The highest BCUT2D eigenvalue weighted by Crippen LogP contribution is 2.37. The Labute approximate surface area is 136 Å². The fourth-order valence-corrected chi connectivity index (χ4v) is 3.37. The summed E-state index contributed by atoms with van der Waals surface area (Å²) in [5, 5.41) is 2.75. The van der Waals surface area contributed by atoms with Crippen molar-refractivity contribution in [2.24, 2.45) is 5.92 Å². The summed E-state index contributed by atoms with van der Waals surface area (Å²) < 4.78 is 23.4. The molecule has 0 saturated heterocycles. The Morgan fingerprint density at radius 3 is 2.52 bits per heavy atom. The lowest BCUT2D eigenvalue weighted by molar-refractivity contribution is -0.124. The number of nitrogens with zero attached hydrogens (tertiary/aromatic N) is 1. The van der Waals surface area contributed by atoms with Crippen LogP contribution < -0.4 is 10.2 Å². The first-order chi connectivity index (χ1) is 10.7. The van der Waals surface area contributed by atoms with Crippen LogP contribution in [0.3, 0.4) is 0 Å². The number of rotatable bonds is 4. The van der Waals surface area contributed by atoms with Gasteiger partial charge in [-0.2, -0.15) is 0 Å². The van der Waals surface area contributed by atoms with Crippen LogP contribution in [0, 0.1) is 5.92 Å². The van der Waals surface area contributed by atoms with Gasteiger partial charge in [0.2, 0.25) is 11.8 Å². The number of fused-ring (bicyclic) bond motifs is 1. The molecule has 0 radical (unpaired) electrons. The van der Waals surface area contributed by atoms with Crippen molar-refractivity contribution in [3.63, 3.8) is 0 Å². The van der Waals surface area contributed by atoms with Gasteiger partial charge in [-0.3, -0.25) is 14.5 Å². The summed E-state index contributed by atoms with van der Waals surface area (Å²) >= 11 is 0. The lowest BCUT2D eigenvalue weighted by atomic mass is 9.93. The van der Waals surface area contributed by atoms with Crippen molar-refractivity contribution in [3.8, 4) is 0 Å². The van der Waals surface area contributed by atoms with Gasteiger partial charge in [-0.25, -0.2) is 8.42 Å². The molecule has 0 fully saturated rings. The van der Waals surface area contributed by atoms with Crippen LogP contribution in [0.4, 0.5) is 11.4 Å². The summed E-state index contributed by atoms with van der Waals surface area (Å²) in [6, 6.07) is 3.89. The maximum absolute atomic E-state index is 12.5. The Hall–Kier alpha value is -1.89. The highest BCUT2D eigenvalue weighted by atomic mass is 32.2. The van der Waals surface area contributed by atoms with Crippen molar-refractivity contribution in [2.75, 3.05) is 16.5 Å². The van der Waals surface area contributed by atoms with Crippen LogP contribution in [0.25, 0.3) is 0 Å². The van der Waals surface area contributed by atoms with E-state index in [-0.39, 0.29) is 29.0 Å². The second-order valence-electron chi connectivity index (χ2n) is 5.89. The Morgan fingerprint density at radius 1 is 1.35 bits per heavy atom. The summed E-state index contributed by atoms with van der Waals surface area (Å²) in [4.78, 5) is 26.5. The second kappa shape index (κ2) is 6.31. The standard InChI is InChI=1S/C16H22N2O4S/c1-5-10(3)15-16(20)17-12-9-11(23(4,21)22)7-8-13(12)18(15)14(19)6-2/h7-10,15H,5-6H2,1-4H3,(H,17,20)/t10-,15?/m1/s1. The van der Waals surface area contributed by atoms with Gasteiger partial charge in [0.1, 0.15) is 6.04 Å². The maximum atomic E-state index is 12.5.